The molecule has 1 aromatic carbocycles. The molecule has 0 aliphatic carbocycles. The van der Waals surface area contributed by atoms with Crippen molar-refractivity contribution in [2.75, 3.05) is 30.4 Å². The highest BCUT2D eigenvalue weighted by Crippen LogP contribution is 2.21. The van der Waals surface area contributed by atoms with Crippen LogP contribution in [0.5, 0.6) is 0 Å². The summed E-state index contributed by atoms with van der Waals surface area (Å²) in [6.07, 6.45) is 0. The Morgan fingerprint density at radius 2 is 1.76 bits per heavy atom. The van der Waals surface area contributed by atoms with Crippen LogP contribution in [0.4, 0.5) is 20.7 Å². The molecular weight excluding hydrogens is 276 g/mol. The molecule has 0 atom stereocenters. The summed E-state index contributed by atoms with van der Waals surface area (Å²) in [5, 5.41) is 2.85. The molecule has 0 radical (unpaired) electrons. The second-order valence-electron chi connectivity index (χ2n) is 4.33. The zero-order valence-electron chi connectivity index (χ0n) is 12.2. The third-order valence-electron chi connectivity index (χ3n) is 3.07. The molecule has 0 saturated carbocycles. The van der Waals surface area contributed by atoms with E-state index in [0.717, 1.165) is 25.2 Å². The second kappa shape index (κ2) is 6.43. The maximum Gasteiger partial charge on any atom is 0.230 e. The van der Waals surface area contributed by atoms with E-state index in [1.165, 1.54) is 6.07 Å². The number of hydrogen-bond acceptors (Lipinski definition) is 5. The lowest BCUT2D eigenvalue weighted by atomic mass is 10.2. The number of halogens is 2. The quantitative estimate of drug-likeness (QED) is 0.918. The van der Waals surface area contributed by atoms with Crippen LogP contribution in [-0.4, -0.2) is 35.1 Å². The van der Waals surface area contributed by atoms with Crippen molar-refractivity contribution in [1.29, 1.82) is 0 Å². The average Bonchev–Trinajstić information content (AvgIpc) is 2.51. The van der Waals surface area contributed by atoms with E-state index in [4.69, 9.17) is 0 Å². The Morgan fingerprint density at radius 1 is 1.05 bits per heavy atom. The molecule has 0 bridgehead atoms. The van der Waals surface area contributed by atoms with Gasteiger partial charge in [0.1, 0.15) is 0 Å². The van der Waals surface area contributed by atoms with Crippen LogP contribution in [0.2, 0.25) is 0 Å². The molecule has 7 heteroatoms. The van der Waals surface area contributed by atoms with Gasteiger partial charge in [-0.05, 0) is 32.0 Å². The van der Waals surface area contributed by atoms with E-state index in [0.29, 0.717) is 23.3 Å². The van der Waals surface area contributed by atoms with E-state index in [1.807, 2.05) is 18.7 Å². The normalized spacial score (nSPS) is 10.5. The third kappa shape index (κ3) is 3.24. The van der Waals surface area contributed by atoms with Crippen LogP contribution in [0.25, 0.3) is 11.4 Å². The first-order chi connectivity index (χ1) is 10.1. The minimum atomic E-state index is -0.927. The zero-order chi connectivity index (χ0) is 15.4. The van der Waals surface area contributed by atoms with Crippen molar-refractivity contribution in [3.8, 4) is 11.4 Å². The lowest BCUT2D eigenvalue weighted by molar-refractivity contribution is 0.509. The van der Waals surface area contributed by atoms with Crippen LogP contribution in [0.15, 0.2) is 18.2 Å². The van der Waals surface area contributed by atoms with Crippen LogP contribution < -0.4 is 10.2 Å². The summed E-state index contributed by atoms with van der Waals surface area (Å²) < 4.78 is 26.4. The smallest absolute Gasteiger partial charge is 0.230 e. The van der Waals surface area contributed by atoms with Gasteiger partial charge in [0, 0.05) is 25.7 Å². The van der Waals surface area contributed by atoms with E-state index in [2.05, 4.69) is 20.3 Å². The summed E-state index contributed by atoms with van der Waals surface area (Å²) in [6.45, 7) is 5.45. The molecule has 1 heterocycles. The van der Waals surface area contributed by atoms with Gasteiger partial charge in [0.2, 0.25) is 11.9 Å². The Balaban J connectivity index is 2.51. The average molecular weight is 293 g/mol. The van der Waals surface area contributed by atoms with Gasteiger partial charge in [-0.1, -0.05) is 0 Å². The van der Waals surface area contributed by atoms with Crippen LogP contribution in [0, 0.1) is 11.6 Å². The largest absolute Gasteiger partial charge is 0.357 e. The highest BCUT2D eigenvalue weighted by atomic mass is 19.2. The molecule has 21 heavy (non-hydrogen) atoms. The first kappa shape index (κ1) is 15.1. The van der Waals surface area contributed by atoms with Gasteiger partial charge in [-0.3, -0.25) is 0 Å². The van der Waals surface area contributed by atoms with E-state index in [1.54, 1.807) is 7.05 Å². The molecule has 112 valence electrons. The number of nitrogens with zero attached hydrogens (tertiary/aromatic N) is 4. The van der Waals surface area contributed by atoms with Gasteiger partial charge >= 0.3 is 0 Å². The van der Waals surface area contributed by atoms with Crippen molar-refractivity contribution < 1.29 is 8.78 Å². The Kier molecular flexibility index (Phi) is 4.62. The van der Waals surface area contributed by atoms with Gasteiger partial charge in [-0.25, -0.2) is 8.78 Å². The number of anilines is 2. The molecule has 1 N–H and O–H groups in total. The second-order valence-corrected chi connectivity index (χ2v) is 4.33. The molecule has 1 aromatic heterocycles. The summed E-state index contributed by atoms with van der Waals surface area (Å²) in [7, 11) is 1.69. The summed E-state index contributed by atoms with van der Waals surface area (Å²) in [5.74, 6) is -0.644. The molecule has 0 amide bonds. The fraction of sp³-hybridized carbons (Fsp3) is 0.357. The Bertz CT molecular complexity index is 629. The van der Waals surface area contributed by atoms with E-state index in [-0.39, 0.29) is 0 Å². The molecule has 0 saturated heterocycles. The molecule has 5 nitrogen and oxygen atoms in total. The molecule has 2 rings (SSSR count). The fourth-order valence-corrected chi connectivity index (χ4v) is 1.89. The molecule has 0 aliphatic heterocycles. The highest BCUT2D eigenvalue weighted by Gasteiger charge is 2.13. The van der Waals surface area contributed by atoms with Crippen LogP contribution >= 0.6 is 0 Å². The van der Waals surface area contributed by atoms with Crippen molar-refractivity contribution in [3.63, 3.8) is 0 Å². The van der Waals surface area contributed by atoms with Gasteiger partial charge < -0.3 is 10.2 Å². The lowest BCUT2D eigenvalue weighted by Crippen LogP contribution is -2.25. The molecule has 0 unspecified atom stereocenters. The minimum absolute atomic E-state index is 0.301. The summed E-state index contributed by atoms with van der Waals surface area (Å²) in [4.78, 5) is 14.8. The van der Waals surface area contributed by atoms with Gasteiger partial charge in [-0.2, -0.15) is 15.0 Å². The van der Waals surface area contributed by atoms with Crippen LogP contribution in [0.1, 0.15) is 13.8 Å². The molecule has 2 aromatic rings. The van der Waals surface area contributed by atoms with E-state index >= 15 is 0 Å². The SMILES string of the molecule is CCN(CC)c1nc(NC)nc(-c2ccc(F)c(F)c2)n1. The zero-order valence-corrected chi connectivity index (χ0v) is 12.2. The maximum absolute atomic E-state index is 13.4. The molecular formula is C14H17F2N5. The topological polar surface area (TPSA) is 53.9 Å². The first-order valence-electron chi connectivity index (χ1n) is 6.73. The number of nitrogens with one attached hydrogen (secondary N) is 1. The predicted octanol–water partition coefficient (Wildman–Crippen LogP) is 2.70. The predicted molar refractivity (Wildman–Crippen MR) is 78.3 cm³/mol. The van der Waals surface area contributed by atoms with Crippen LogP contribution in [0.3, 0.4) is 0 Å². The summed E-state index contributed by atoms with van der Waals surface area (Å²) >= 11 is 0. The van der Waals surface area contributed by atoms with Gasteiger partial charge in [0.05, 0.1) is 0 Å². The van der Waals surface area contributed by atoms with Crippen LogP contribution in [-0.2, 0) is 0 Å². The monoisotopic (exact) mass is 293 g/mol. The molecule has 0 spiro atoms. The summed E-state index contributed by atoms with van der Waals surface area (Å²) in [5.41, 5.74) is 0.404. The Hall–Kier alpha value is -2.31. The highest BCUT2D eigenvalue weighted by molar-refractivity contribution is 5.58. The minimum Gasteiger partial charge on any atom is -0.357 e. The molecule has 0 aliphatic rings. The number of aromatic nitrogens is 3. The van der Waals surface area contributed by atoms with E-state index < -0.39 is 11.6 Å². The Morgan fingerprint density at radius 3 is 2.33 bits per heavy atom. The third-order valence-corrected chi connectivity index (χ3v) is 3.07. The van der Waals surface area contributed by atoms with Crippen molar-refractivity contribution in [2.24, 2.45) is 0 Å². The van der Waals surface area contributed by atoms with Gasteiger partial charge in [-0.15, -0.1) is 0 Å². The number of rotatable bonds is 5. The van der Waals surface area contributed by atoms with Gasteiger partial charge in [0.25, 0.3) is 0 Å². The van der Waals surface area contributed by atoms with Crippen molar-refractivity contribution in [1.82, 2.24) is 15.0 Å². The fourth-order valence-electron chi connectivity index (χ4n) is 1.89. The number of benzene rings is 1. The Labute approximate surface area is 122 Å². The molecule has 0 fully saturated rings. The van der Waals surface area contributed by atoms with Crippen molar-refractivity contribution >= 4 is 11.9 Å². The number of hydrogen-bond donors (Lipinski definition) is 1. The van der Waals surface area contributed by atoms with E-state index in [9.17, 15) is 8.78 Å². The van der Waals surface area contributed by atoms with Crippen molar-refractivity contribution in [3.05, 3.63) is 29.8 Å². The first-order valence-corrected chi connectivity index (χ1v) is 6.73. The standard InChI is InChI=1S/C14H17F2N5/c1-4-21(5-2)14-19-12(18-13(17-3)20-14)9-6-7-10(15)11(16)8-9/h6-8H,4-5H2,1-3H3,(H,17,18,19,20). The van der Waals surface area contributed by atoms with Gasteiger partial charge in [0.15, 0.2) is 17.5 Å². The summed E-state index contributed by atoms with van der Waals surface area (Å²) in [6, 6.07) is 3.58. The lowest BCUT2D eigenvalue weighted by Gasteiger charge is -2.19. The maximum atomic E-state index is 13.4. The van der Waals surface area contributed by atoms with Crippen molar-refractivity contribution in [2.45, 2.75) is 13.8 Å².